The van der Waals surface area contributed by atoms with E-state index in [1.807, 2.05) is 11.4 Å². The summed E-state index contributed by atoms with van der Waals surface area (Å²) in [6, 6.07) is 11.3. The maximum absolute atomic E-state index is 12.1. The minimum absolute atomic E-state index is 0.00473. The quantitative estimate of drug-likeness (QED) is 0.351. The van der Waals surface area contributed by atoms with Crippen LogP contribution in [0.15, 0.2) is 53.9 Å². The van der Waals surface area contributed by atoms with Gasteiger partial charge in [0.25, 0.3) is 5.69 Å². The summed E-state index contributed by atoms with van der Waals surface area (Å²) in [6.07, 6.45) is 2.91. The molecule has 3 aromatic rings. The van der Waals surface area contributed by atoms with Gasteiger partial charge in [-0.25, -0.2) is 4.98 Å². The van der Waals surface area contributed by atoms with Crippen molar-refractivity contribution in [2.75, 3.05) is 19.5 Å². The predicted molar refractivity (Wildman–Crippen MR) is 111 cm³/mol. The standard InChI is InChI=1S/C20H17N3O5S/c1-27-15-8-9-18(28-2)16(11-15)17-12-29-20(21-17)22-19(24)10-5-13-3-6-14(7-4-13)23(25)26/h3-12H,1-2H3,(H,21,22,24)/b10-5+. The number of nitrogens with zero attached hydrogens (tertiary/aromatic N) is 2. The lowest BCUT2D eigenvalue weighted by atomic mass is 10.1. The second-order valence-corrected chi connectivity index (χ2v) is 6.63. The number of hydrogen-bond donors (Lipinski definition) is 1. The van der Waals surface area contributed by atoms with Gasteiger partial charge in [0.05, 0.1) is 24.8 Å². The molecule has 2 aromatic carbocycles. The number of benzene rings is 2. The summed E-state index contributed by atoms with van der Waals surface area (Å²) in [5.74, 6) is 0.958. The van der Waals surface area contributed by atoms with Crippen molar-refractivity contribution in [1.29, 1.82) is 0 Å². The number of carbonyl (C=O) groups excluding carboxylic acids is 1. The number of nitrogens with one attached hydrogen (secondary N) is 1. The van der Waals surface area contributed by atoms with Crippen LogP contribution in [0.1, 0.15) is 5.56 Å². The molecule has 0 aliphatic carbocycles. The Balaban J connectivity index is 1.70. The molecule has 0 saturated heterocycles. The molecular formula is C20H17N3O5S. The summed E-state index contributed by atoms with van der Waals surface area (Å²) in [7, 11) is 3.15. The maximum atomic E-state index is 12.1. The Hall–Kier alpha value is -3.72. The van der Waals surface area contributed by atoms with E-state index in [0.717, 1.165) is 5.56 Å². The molecule has 0 fully saturated rings. The smallest absolute Gasteiger partial charge is 0.269 e. The molecule has 8 nitrogen and oxygen atoms in total. The van der Waals surface area contributed by atoms with Crippen LogP contribution in [0, 0.1) is 10.1 Å². The Morgan fingerprint density at radius 2 is 1.93 bits per heavy atom. The third-order valence-electron chi connectivity index (χ3n) is 3.95. The third kappa shape index (κ3) is 4.96. The number of ether oxygens (including phenoxy) is 2. The van der Waals surface area contributed by atoms with Crippen LogP contribution in [0.5, 0.6) is 11.5 Å². The summed E-state index contributed by atoms with van der Waals surface area (Å²) in [5, 5.41) is 15.6. The van der Waals surface area contributed by atoms with Crippen molar-refractivity contribution >= 4 is 34.1 Å². The average molecular weight is 411 g/mol. The SMILES string of the molecule is COc1ccc(OC)c(-c2csc(NC(=O)/C=C/c3ccc([N+](=O)[O-])cc3)n2)c1. The molecule has 148 valence electrons. The molecule has 0 aliphatic rings. The van der Waals surface area contributed by atoms with E-state index >= 15 is 0 Å². The number of amides is 1. The normalized spacial score (nSPS) is 10.7. The van der Waals surface area contributed by atoms with Gasteiger partial charge in [0.1, 0.15) is 11.5 Å². The fourth-order valence-corrected chi connectivity index (χ4v) is 3.21. The number of thiazole rings is 1. The molecule has 3 rings (SSSR count). The highest BCUT2D eigenvalue weighted by atomic mass is 32.1. The highest BCUT2D eigenvalue weighted by Crippen LogP contribution is 2.35. The first kappa shape index (κ1) is 20.0. The van der Waals surface area contributed by atoms with Gasteiger partial charge < -0.3 is 9.47 Å². The number of anilines is 1. The Morgan fingerprint density at radius 1 is 1.17 bits per heavy atom. The second-order valence-electron chi connectivity index (χ2n) is 5.78. The van der Waals surface area contributed by atoms with Crippen LogP contribution >= 0.6 is 11.3 Å². The van der Waals surface area contributed by atoms with Gasteiger partial charge in [0.15, 0.2) is 5.13 Å². The van der Waals surface area contributed by atoms with E-state index in [4.69, 9.17) is 9.47 Å². The average Bonchev–Trinajstić information content (AvgIpc) is 3.20. The van der Waals surface area contributed by atoms with E-state index in [1.54, 1.807) is 44.6 Å². The number of rotatable bonds is 7. The molecule has 1 aromatic heterocycles. The molecular weight excluding hydrogens is 394 g/mol. The highest BCUT2D eigenvalue weighted by molar-refractivity contribution is 7.14. The highest BCUT2D eigenvalue weighted by Gasteiger charge is 2.12. The monoisotopic (exact) mass is 411 g/mol. The van der Waals surface area contributed by atoms with Crippen molar-refractivity contribution in [1.82, 2.24) is 4.98 Å². The fraction of sp³-hybridized carbons (Fsp3) is 0.100. The molecule has 9 heteroatoms. The minimum Gasteiger partial charge on any atom is -0.497 e. The molecule has 1 N–H and O–H groups in total. The topological polar surface area (TPSA) is 104 Å². The van der Waals surface area contributed by atoms with E-state index in [0.29, 0.717) is 27.9 Å². The van der Waals surface area contributed by atoms with Gasteiger partial charge in [-0.05, 0) is 42.0 Å². The summed E-state index contributed by atoms with van der Waals surface area (Å²) >= 11 is 1.28. The van der Waals surface area contributed by atoms with E-state index < -0.39 is 4.92 Å². The number of hydrogen-bond acceptors (Lipinski definition) is 7. The first-order chi connectivity index (χ1) is 14.0. The van der Waals surface area contributed by atoms with Crippen LogP contribution in [0.3, 0.4) is 0 Å². The Labute approximate surface area is 170 Å². The van der Waals surface area contributed by atoms with Crippen LogP contribution in [0.2, 0.25) is 0 Å². The number of aromatic nitrogens is 1. The van der Waals surface area contributed by atoms with Gasteiger partial charge in [0.2, 0.25) is 5.91 Å². The Bertz CT molecular complexity index is 1060. The molecule has 1 amide bonds. The molecule has 0 radical (unpaired) electrons. The van der Waals surface area contributed by atoms with Crippen molar-refractivity contribution in [2.24, 2.45) is 0 Å². The summed E-state index contributed by atoms with van der Waals surface area (Å²) in [4.78, 5) is 26.8. The van der Waals surface area contributed by atoms with Gasteiger partial charge in [-0.3, -0.25) is 20.2 Å². The Kier molecular flexibility index (Phi) is 6.20. The molecule has 29 heavy (non-hydrogen) atoms. The predicted octanol–water partition coefficient (Wildman–Crippen LogP) is 4.39. The number of nitro groups is 1. The number of non-ortho nitro benzene ring substituents is 1. The van der Waals surface area contributed by atoms with Crippen LogP contribution < -0.4 is 14.8 Å². The van der Waals surface area contributed by atoms with Crippen molar-refractivity contribution in [2.45, 2.75) is 0 Å². The van der Waals surface area contributed by atoms with Crippen molar-refractivity contribution in [3.05, 3.63) is 69.6 Å². The van der Waals surface area contributed by atoms with Gasteiger partial charge in [0, 0.05) is 29.2 Å². The van der Waals surface area contributed by atoms with Gasteiger partial charge in [-0.1, -0.05) is 0 Å². The lowest BCUT2D eigenvalue weighted by Gasteiger charge is -2.08. The first-order valence-electron chi connectivity index (χ1n) is 8.41. The van der Waals surface area contributed by atoms with Gasteiger partial charge >= 0.3 is 0 Å². The molecule has 0 atom stereocenters. The maximum Gasteiger partial charge on any atom is 0.269 e. The van der Waals surface area contributed by atoms with E-state index in [9.17, 15) is 14.9 Å². The fourth-order valence-electron chi connectivity index (χ4n) is 2.50. The number of nitro benzene ring substituents is 1. The lowest BCUT2D eigenvalue weighted by Crippen LogP contribution is -2.07. The van der Waals surface area contributed by atoms with Crippen LogP contribution in [-0.4, -0.2) is 30.0 Å². The zero-order valence-electron chi connectivity index (χ0n) is 15.6. The molecule has 0 aliphatic heterocycles. The van der Waals surface area contributed by atoms with Crippen molar-refractivity contribution < 1.29 is 19.2 Å². The molecule has 0 spiro atoms. The van der Waals surface area contributed by atoms with Crippen LogP contribution in [0.4, 0.5) is 10.8 Å². The lowest BCUT2D eigenvalue weighted by molar-refractivity contribution is -0.384. The van der Waals surface area contributed by atoms with Crippen LogP contribution in [0.25, 0.3) is 17.3 Å². The summed E-state index contributed by atoms with van der Waals surface area (Å²) in [6.45, 7) is 0. The minimum atomic E-state index is -0.475. The summed E-state index contributed by atoms with van der Waals surface area (Å²) < 4.78 is 10.6. The van der Waals surface area contributed by atoms with Crippen LogP contribution in [-0.2, 0) is 4.79 Å². The van der Waals surface area contributed by atoms with E-state index in [1.165, 1.54) is 29.5 Å². The molecule has 0 unspecified atom stereocenters. The van der Waals surface area contributed by atoms with Gasteiger partial charge in [-0.2, -0.15) is 0 Å². The molecule has 1 heterocycles. The van der Waals surface area contributed by atoms with Crippen molar-refractivity contribution in [3.63, 3.8) is 0 Å². The van der Waals surface area contributed by atoms with Gasteiger partial charge in [-0.15, -0.1) is 11.3 Å². The molecule has 0 saturated carbocycles. The Morgan fingerprint density at radius 3 is 2.59 bits per heavy atom. The number of carbonyl (C=O) groups is 1. The van der Waals surface area contributed by atoms with E-state index in [2.05, 4.69) is 10.3 Å². The van der Waals surface area contributed by atoms with Crippen molar-refractivity contribution in [3.8, 4) is 22.8 Å². The zero-order valence-corrected chi connectivity index (χ0v) is 16.4. The second kappa shape index (κ2) is 8.98. The zero-order chi connectivity index (χ0) is 20.8. The first-order valence-corrected chi connectivity index (χ1v) is 9.29. The molecule has 0 bridgehead atoms. The third-order valence-corrected chi connectivity index (χ3v) is 4.71. The number of methoxy groups -OCH3 is 2. The largest absolute Gasteiger partial charge is 0.497 e. The summed E-state index contributed by atoms with van der Waals surface area (Å²) in [5.41, 5.74) is 2.08. The van der Waals surface area contributed by atoms with E-state index in [-0.39, 0.29) is 11.6 Å².